The van der Waals surface area contributed by atoms with Crippen molar-refractivity contribution in [2.24, 2.45) is 0 Å². The van der Waals surface area contributed by atoms with Gasteiger partial charge in [0, 0.05) is 10.6 Å². The van der Waals surface area contributed by atoms with Crippen molar-refractivity contribution >= 4 is 40.9 Å². The number of carbonyl (C=O) groups excluding carboxylic acids is 2. The van der Waals surface area contributed by atoms with Crippen LogP contribution in [0.4, 0.5) is 5.69 Å². The van der Waals surface area contributed by atoms with Crippen LogP contribution in [0.5, 0.6) is 0 Å². The van der Waals surface area contributed by atoms with Gasteiger partial charge in [0.25, 0.3) is 5.91 Å². The molecule has 0 bridgehead atoms. The van der Waals surface area contributed by atoms with Crippen LogP contribution in [0.1, 0.15) is 28.4 Å². The average molecular weight is 378 g/mol. The van der Waals surface area contributed by atoms with E-state index in [0.717, 1.165) is 28.1 Å². The van der Waals surface area contributed by atoms with Crippen LogP contribution >= 0.6 is 23.4 Å². The van der Waals surface area contributed by atoms with Gasteiger partial charge < -0.3 is 10.1 Å². The Morgan fingerprint density at radius 2 is 2.00 bits per heavy atom. The topological polar surface area (TPSA) is 55.4 Å². The third-order valence-electron chi connectivity index (χ3n) is 3.73. The molecule has 25 heavy (non-hydrogen) atoms. The fraction of sp³-hybridized carbons (Fsp3) is 0.263. The maximum Gasteiger partial charge on any atom is 0.340 e. The molecule has 0 heterocycles. The number of rotatable bonds is 6. The molecule has 0 unspecified atom stereocenters. The molecule has 1 N–H and O–H groups in total. The molecule has 0 aliphatic heterocycles. The normalized spacial score (nSPS) is 10.4. The minimum atomic E-state index is -0.614. The molecule has 132 valence electrons. The molecular formula is C19H20ClNO3S. The van der Waals surface area contributed by atoms with Crippen LogP contribution < -0.4 is 5.32 Å². The molecule has 1 amide bonds. The second-order valence-corrected chi connectivity index (χ2v) is 6.72. The number of hydrogen-bond donors (Lipinski definition) is 1. The summed E-state index contributed by atoms with van der Waals surface area (Å²) in [5.74, 6) is -0.994. The second-order valence-electron chi connectivity index (χ2n) is 5.43. The highest BCUT2D eigenvalue weighted by atomic mass is 35.5. The minimum absolute atomic E-state index is 0.256. The third-order valence-corrected chi connectivity index (χ3v) is 4.79. The van der Waals surface area contributed by atoms with Crippen molar-refractivity contribution < 1.29 is 14.3 Å². The van der Waals surface area contributed by atoms with Crippen molar-refractivity contribution in [1.82, 2.24) is 0 Å². The van der Waals surface area contributed by atoms with Crippen molar-refractivity contribution in [2.45, 2.75) is 25.2 Å². The maximum atomic E-state index is 12.2. The molecule has 4 nitrogen and oxygen atoms in total. The molecule has 2 rings (SSSR count). The van der Waals surface area contributed by atoms with Gasteiger partial charge in [-0.3, -0.25) is 4.79 Å². The number of benzene rings is 2. The molecule has 0 saturated heterocycles. The van der Waals surface area contributed by atoms with E-state index in [2.05, 4.69) is 5.32 Å². The first-order chi connectivity index (χ1) is 12.0. The van der Waals surface area contributed by atoms with Crippen molar-refractivity contribution in [3.8, 4) is 0 Å². The summed E-state index contributed by atoms with van der Waals surface area (Å²) in [7, 11) is 0. The van der Waals surface area contributed by atoms with Gasteiger partial charge in [-0.05, 0) is 48.9 Å². The van der Waals surface area contributed by atoms with E-state index in [-0.39, 0.29) is 18.1 Å². The second kappa shape index (κ2) is 8.92. The Labute approximate surface area is 156 Å². The van der Waals surface area contributed by atoms with Gasteiger partial charge in [-0.25, -0.2) is 4.79 Å². The van der Waals surface area contributed by atoms with E-state index in [9.17, 15) is 9.59 Å². The monoisotopic (exact) mass is 377 g/mol. The van der Waals surface area contributed by atoms with E-state index in [0.29, 0.717) is 5.02 Å². The first kappa shape index (κ1) is 19.3. The number of thioether (sulfide) groups is 1. The van der Waals surface area contributed by atoms with Crippen LogP contribution in [0, 0.1) is 6.92 Å². The third kappa shape index (κ3) is 5.00. The molecule has 0 aliphatic rings. The van der Waals surface area contributed by atoms with Crippen LogP contribution in [0.25, 0.3) is 0 Å². The SMILES string of the molecule is CCc1cccc(C)c1NC(=O)COC(=O)c1cc(SC)ccc1Cl. The van der Waals surface area contributed by atoms with E-state index >= 15 is 0 Å². The molecule has 0 aromatic heterocycles. The van der Waals surface area contributed by atoms with Crippen LogP contribution in [0.3, 0.4) is 0 Å². The number of ether oxygens (including phenoxy) is 1. The van der Waals surface area contributed by atoms with Gasteiger partial charge in [0.15, 0.2) is 6.61 Å². The minimum Gasteiger partial charge on any atom is -0.452 e. The zero-order valence-corrected chi connectivity index (χ0v) is 16.0. The molecule has 0 atom stereocenters. The number of aryl methyl sites for hydroxylation is 2. The fourth-order valence-corrected chi connectivity index (χ4v) is 3.01. The van der Waals surface area contributed by atoms with E-state index < -0.39 is 5.97 Å². The lowest BCUT2D eigenvalue weighted by molar-refractivity contribution is -0.119. The standard InChI is InChI=1S/C19H20ClNO3S/c1-4-13-7-5-6-12(2)18(13)21-17(22)11-24-19(23)15-10-14(25-3)8-9-16(15)20/h5-10H,4,11H2,1-3H3,(H,21,22). The molecule has 0 aliphatic carbocycles. The Bertz CT molecular complexity index is 792. The van der Waals surface area contributed by atoms with Crippen molar-refractivity contribution in [1.29, 1.82) is 0 Å². The van der Waals surface area contributed by atoms with E-state index in [1.807, 2.05) is 44.4 Å². The van der Waals surface area contributed by atoms with Crippen LogP contribution in [0.2, 0.25) is 5.02 Å². The van der Waals surface area contributed by atoms with Gasteiger partial charge in [0.05, 0.1) is 10.6 Å². The van der Waals surface area contributed by atoms with E-state index in [4.69, 9.17) is 16.3 Å². The Kier molecular flexibility index (Phi) is 6.91. The molecule has 2 aromatic rings. The molecule has 0 radical (unpaired) electrons. The first-order valence-electron chi connectivity index (χ1n) is 7.85. The average Bonchev–Trinajstić information content (AvgIpc) is 2.61. The Balaban J connectivity index is 2.02. The summed E-state index contributed by atoms with van der Waals surface area (Å²) in [6, 6.07) is 11.0. The Morgan fingerprint density at radius 1 is 1.24 bits per heavy atom. The van der Waals surface area contributed by atoms with Crippen molar-refractivity contribution in [3.63, 3.8) is 0 Å². The number of esters is 1. The molecule has 6 heteroatoms. The predicted octanol–water partition coefficient (Wildman–Crippen LogP) is 4.73. The van der Waals surface area contributed by atoms with Crippen molar-refractivity contribution in [2.75, 3.05) is 18.2 Å². The number of carbonyl (C=O) groups is 2. The van der Waals surface area contributed by atoms with Gasteiger partial charge in [0.2, 0.25) is 0 Å². The van der Waals surface area contributed by atoms with Crippen molar-refractivity contribution in [3.05, 3.63) is 58.1 Å². The lowest BCUT2D eigenvalue weighted by Gasteiger charge is -2.13. The van der Waals surface area contributed by atoms with Crippen LogP contribution in [-0.4, -0.2) is 24.7 Å². The number of nitrogens with one attached hydrogen (secondary N) is 1. The number of para-hydroxylation sites is 1. The highest BCUT2D eigenvalue weighted by Gasteiger charge is 2.15. The summed E-state index contributed by atoms with van der Waals surface area (Å²) in [6.07, 6.45) is 2.70. The summed E-state index contributed by atoms with van der Waals surface area (Å²) in [6.45, 7) is 3.58. The van der Waals surface area contributed by atoms with Crippen LogP contribution in [0.15, 0.2) is 41.3 Å². The smallest absolute Gasteiger partial charge is 0.340 e. The van der Waals surface area contributed by atoms with Gasteiger partial charge in [-0.2, -0.15) is 0 Å². The first-order valence-corrected chi connectivity index (χ1v) is 9.45. The van der Waals surface area contributed by atoms with Gasteiger partial charge in [0.1, 0.15) is 0 Å². The highest BCUT2D eigenvalue weighted by Crippen LogP contribution is 2.24. The summed E-state index contributed by atoms with van der Waals surface area (Å²) in [5.41, 5.74) is 3.03. The fourth-order valence-electron chi connectivity index (χ4n) is 2.37. The molecule has 0 saturated carbocycles. The highest BCUT2D eigenvalue weighted by molar-refractivity contribution is 7.98. The summed E-state index contributed by atoms with van der Waals surface area (Å²) < 4.78 is 5.11. The van der Waals surface area contributed by atoms with E-state index in [1.54, 1.807) is 12.1 Å². The zero-order valence-electron chi connectivity index (χ0n) is 14.4. The number of hydrogen-bond acceptors (Lipinski definition) is 4. The number of halogens is 1. The summed E-state index contributed by atoms with van der Waals surface area (Å²) in [4.78, 5) is 25.2. The van der Waals surface area contributed by atoms with Crippen LogP contribution in [-0.2, 0) is 16.0 Å². The van der Waals surface area contributed by atoms with Gasteiger partial charge >= 0.3 is 5.97 Å². The number of anilines is 1. The zero-order chi connectivity index (χ0) is 18.4. The Morgan fingerprint density at radius 3 is 2.68 bits per heavy atom. The predicted molar refractivity (Wildman–Crippen MR) is 103 cm³/mol. The van der Waals surface area contributed by atoms with Gasteiger partial charge in [-0.1, -0.05) is 36.7 Å². The molecule has 0 fully saturated rings. The largest absolute Gasteiger partial charge is 0.452 e. The molecule has 2 aromatic carbocycles. The lowest BCUT2D eigenvalue weighted by Crippen LogP contribution is -2.22. The molecular weight excluding hydrogens is 358 g/mol. The molecule has 0 spiro atoms. The van der Waals surface area contributed by atoms with E-state index in [1.165, 1.54) is 11.8 Å². The summed E-state index contributed by atoms with van der Waals surface area (Å²) in [5, 5.41) is 3.12. The maximum absolute atomic E-state index is 12.2. The quantitative estimate of drug-likeness (QED) is 0.584. The van der Waals surface area contributed by atoms with Gasteiger partial charge in [-0.15, -0.1) is 11.8 Å². The Hall–Kier alpha value is -1.98. The summed E-state index contributed by atoms with van der Waals surface area (Å²) >= 11 is 7.54. The lowest BCUT2D eigenvalue weighted by atomic mass is 10.1. The number of amides is 1.